The fourth-order valence-corrected chi connectivity index (χ4v) is 7.63. The number of aromatic carboxylic acids is 1. The van der Waals surface area contributed by atoms with Crippen LogP contribution in [0, 0.1) is 11.6 Å². The van der Waals surface area contributed by atoms with E-state index in [9.17, 15) is 28.7 Å². The first-order chi connectivity index (χ1) is 29.7. The van der Waals surface area contributed by atoms with Crippen molar-refractivity contribution in [1.82, 2.24) is 25.9 Å². The number of hydrogen-bond donors (Lipinski definition) is 7. The molecule has 2 aliphatic rings. The Balaban J connectivity index is 0.000000218. The normalized spacial score (nSPS) is 18.5. The largest absolute Gasteiger partial charge is 0.478 e. The van der Waals surface area contributed by atoms with Gasteiger partial charge in [0, 0.05) is 41.6 Å². The first-order valence-corrected chi connectivity index (χ1v) is 19.7. The van der Waals surface area contributed by atoms with Crippen LogP contribution in [0.5, 0.6) is 0 Å². The molecule has 2 saturated heterocycles. The van der Waals surface area contributed by atoms with Gasteiger partial charge in [0.25, 0.3) is 5.91 Å². The van der Waals surface area contributed by atoms with Crippen LogP contribution < -0.4 is 27.4 Å². The summed E-state index contributed by atoms with van der Waals surface area (Å²) >= 11 is 6.00. The van der Waals surface area contributed by atoms with Crippen molar-refractivity contribution in [3.63, 3.8) is 0 Å². The predicted octanol–water partition coefficient (Wildman–Crippen LogP) is 4.99. The number of carbonyl (C=O) groups is 4. The number of aromatic nitrogens is 2. The molecule has 0 unspecified atom stereocenters. The second-order valence-corrected chi connectivity index (χ2v) is 15.1. The van der Waals surface area contributed by atoms with E-state index in [-0.39, 0.29) is 53.6 Å². The molecule has 2 aliphatic heterocycles. The van der Waals surface area contributed by atoms with Gasteiger partial charge in [0.2, 0.25) is 0 Å². The van der Waals surface area contributed by atoms with E-state index in [0.717, 1.165) is 17.2 Å². The average Bonchev–Trinajstić information content (AvgIpc) is 3.97. The number of hydrogen-bond acceptors (Lipinski definition) is 13. The second kappa shape index (κ2) is 19.9. The maximum absolute atomic E-state index is 15.1. The number of ether oxygens (including phenoxy) is 2. The Bertz CT molecular complexity index is 2490. The van der Waals surface area contributed by atoms with E-state index in [0.29, 0.717) is 58.8 Å². The smallest absolute Gasteiger partial charge is 0.338 e. The number of nitrogen functional groups attached to an aromatic ring is 2. The van der Waals surface area contributed by atoms with Crippen molar-refractivity contribution in [3.8, 4) is 22.3 Å². The van der Waals surface area contributed by atoms with Crippen molar-refractivity contribution in [2.24, 2.45) is 0 Å². The summed E-state index contributed by atoms with van der Waals surface area (Å²) in [5.74, 6) is -3.76. The third-order valence-electron chi connectivity index (χ3n) is 10.8. The molecule has 5 aromatic rings. The van der Waals surface area contributed by atoms with Crippen LogP contribution in [0.4, 0.5) is 20.4 Å². The zero-order valence-corrected chi connectivity index (χ0v) is 34.3. The summed E-state index contributed by atoms with van der Waals surface area (Å²) in [5, 5.41) is 28.0. The predicted molar refractivity (Wildman–Crippen MR) is 226 cm³/mol. The summed E-state index contributed by atoms with van der Waals surface area (Å²) in [4.78, 5) is 55.6. The number of esters is 2. The van der Waals surface area contributed by atoms with Gasteiger partial charge in [-0.3, -0.25) is 14.4 Å². The van der Waals surface area contributed by atoms with Crippen molar-refractivity contribution in [2.45, 2.75) is 42.8 Å². The number of carboxylic acids is 1. The first kappa shape index (κ1) is 45.0. The molecule has 4 heterocycles. The molecule has 7 rings (SSSR count). The van der Waals surface area contributed by atoms with Gasteiger partial charge in [-0.1, -0.05) is 35.9 Å². The number of pyridine rings is 2. The lowest BCUT2D eigenvalue weighted by atomic mass is 9.94. The third-order valence-corrected chi connectivity index (χ3v) is 11.1. The van der Waals surface area contributed by atoms with Gasteiger partial charge < -0.3 is 47.1 Å². The Hall–Kier alpha value is -6.53. The summed E-state index contributed by atoms with van der Waals surface area (Å²) < 4.78 is 38.6. The number of carbonyl (C=O) groups excluding carboxylic acids is 3. The molecule has 9 N–H and O–H groups in total. The monoisotopic (exact) mass is 871 g/mol. The minimum Gasteiger partial charge on any atom is -0.478 e. The second-order valence-electron chi connectivity index (χ2n) is 14.7. The number of nitrogens with two attached hydrogens (primary N) is 2. The molecule has 18 heteroatoms. The lowest BCUT2D eigenvalue weighted by molar-refractivity contribution is -0.143. The highest BCUT2D eigenvalue weighted by Gasteiger charge is 2.33. The van der Waals surface area contributed by atoms with Crippen LogP contribution in [0.25, 0.3) is 22.3 Å². The summed E-state index contributed by atoms with van der Waals surface area (Å²) in [7, 11) is 2.69. The fourth-order valence-electron chi connectivity index (χ4n) is 7.43. The van der Waals surface area contributed by atoms with Gasteiger partial charge in [0.15, 0.2) is 0 Å². The SMILES string of the molecule is COC(=O)[C@@H]1C[C@H](c2cnc(N)c(-c3ccc(C(=O)N[C@H](CO)c4cccc(Cl)c4)c(F)c3)c2)CN1.COC(=O)[C@@H]1C[C@H](c2cnc(N)c(-c3ccc(C(=O)O)c(F)c3)c2)CN1. The maximum atomic E-state index is 15.1. The Morgan fingerprint density at radius 3 is 1.73 bits per heavy atom. The summed E-state index contributed by atoms with van der Waals surface area (Å²) in [6, 6.07) is 16.8. The number of aliphatic hydroxyl groups is 1. The number of rotatable bonds is 11. The molecule has 3 aromatic carbocycles. The molecular weight excluding hydrogens is 828 g/mol. The van der Waals surface area contributed by atoms with Crippen LogP contribution in [0.1, 0.15) is 68.1 Å². The minimum absolute atomic E-state index is 0.0118. The number of benzene rings is 3. The van der Waals surface area contributed by atoms with E-state index in [2.05, 4.69) is 25.9 Å². The third kappa shape index (κ3) is 10.3. The molecule has 62 heavy (non-hydrogen) atoms. The van der Waals surface area contributed by atoms with Gasteiger partial charge in [0.1, 0.15) is 35.4 Å². The van der Waals surface area contributed by atoms with Crippen molar-refractivity contribution < 1.29 is 47.6 Å². The minimum atomic E-state index is -1.33. The zero-order valence-electron chi connectivity index (χ0n) is 33.5. The number of aliphatic hydroxyl groups excluding tert-OH is 1. The Morgan fingerprint density at radius 2 is 1.29 bits per heavy atom. The zero-order chi connectivity index (χ0) is 44.7. The molecule has 0 aliphatic carbocycles. The first-order valence-electron chi connectivity index (χ1n) is 19.3. The lowest BCUT2D eigenvalue weighted by Gasteiger charge is -2.18. The van der Waals surface area contributed by atoms with Crippen molar-refractivity contribution in [2.75, 3.05) is 45.4 Å². The summed E-state index contributed by atoms with van der Waals surface area (Å²) in [6.45, 7) is 0.766. The van der Waals surface area contributed by atoms with Gasteiger partial charge in [-0.15, -0.1) is 0 Å². The van der Waals surface area contributed by atoms with Gasteiger partial charge >= 0.3 is 17.9 Å². The van der Waals surface area contributed by atoms with Crippen molar-refractivity contribution in [3.05, 3.63) is 130 Å². The van der Waals surface area contributed by atoms with E-state index >= 15 is 4.39 Å². The molecule has 1 amide bonds. The fraction of sp³-hybridized carbons (Fsp3) is 0.273. The molecule has 0 bridgehead atoms. The molecular formula is C44H44ClF2N7O8. The van der Waals surface area contributed by atoms with Crippen LogP contribution in [0.15, 0.2) is 85.2 Å². The topological polar surface area (TPSA) is 241 Å². The Morgan fingerprint density at radius 1 is 0.790 bits per heavy atom. The highest BCUT2D eigenvalue weighted by molar-refractivity contribution is 6.30. The van der Waals surface area contributed by atoms with Crippen LogP contribution in [0.3, 0.4) is 0 Å². The van der Waals surface area contributed by atoms with Crippen LogP contribution in [-0.2, 0) is 19.1 Å². The Kier molecular flexibility index (Phi) is 14.4. The number of nitrogens with one attached hydrogen (secondary N) is 3. The molecule has 0 saturated carbocycles. The molecule has 0 radical (unpaired) electrons. The van der Waals surface area contributed by atoms with Gasteiger partial charge in [-0.25, -0.2) is 23.5 Å². The molecule has 0 spiro atoms. The quantitative estimate of drug-likeness (QED) is 0.0866. The molecule has 2 fully saturated rings. The van der Waals surface area contributed by atoms with E-state index in [4.69, 9.17) is 37.6 Å². The van der Waals surface area contributed by atoms with Crippen LogP contribution in [0.2, 0.25) is 5.02 Å². The van der Waals surface area contributed by atoms with E-state index in [1.54, 1.807) is 48.8 Å². The van der Waals surface area contributed by atoms with E-state index in [1.165, 1.54) is 38.5 Å². The molecule has 324 valence electrons. The Labute approximate surface area is 359 Å². The number of halogens is 3. The van der Waals surface area contributed by atoms with E-state index < -0.39 is 41.2 Å². The molecule has 2 aromatic heterocycles. The lowest BCUT2D eigenvalue weighted by Crippen LogP contribution is -2.31. The highest BCUT2D eigenvalue weighted by Crippen LogP contribution is 2.34. The van der Waals surface area contributed by atoms with Crippen LogP contribution >= 0.6 is 11.6 Å². The van der Waals surface area contributed by atoms with Gasteiger partial charge in [-0.2, -0.15) is 0 Å². The number of carboxylic acid groups (broad SMARTS) is 1. The summed E-state index contributed by atoms with van der Waals surface area (Å²) in [5.41, 5.74) is 15.7. The molecule has 15 nitrogen and oxygen atoms in total. The number of amides is 1. The van der Waals surface area contributed by atoms with Gasteiger partial charge in [0.05, 0.1) is 38.0 Å². The van der Waals surface area contributed by atoms with Crippen molar-refractivity contribution >= 4 is 47.1 Å². The van der Waals surface area contributed by atoms with Crippen LogP contribution in [-0.4, -0.2) is 90.0 Å². The maximum Gasteiger partial charge on any atom is 0.338 e. The summed E-state index contributed by atoms with van der Waals surface area (Å²) in [6.07, 6.45) is 4.38. The van der Waals surface area contributed by atoms with E-state index in [1.807, 2.05) is 6.07 Å². The van der Waals surface area contributed by atoms with Crippen molar-refractivity contribution in [1.29, 1.82) is 0 Å². The number of nitrogens with zero attached hydrogens (tertiary/aromatic N) is 2. The highest BCUT2D eigenvalue weighted by atomic mass is 35.5. The number of anilines is 2. The number of methoxy groups -OCH3 is 2. The standard InChI is InChI=1S/C26H26ClFN4O4.C18H18FN3O4/c1-36-26(35)22-10-17(11-30-22)16-8-20(24(29)31-12-16)14-5-6-19(21(28)9-14)25(34)32-23(13-33)15-3-2-4-18(27)7-15;1-26-18(25)15-6-11(7-21-15)10-4-13(16(20)22-8-10)9-2-3-12(17(23)24)14(19)5-9/h2-9,12,17,22-23,30,33H,10-11,13H2,1H3,(H2,29,31)(H,32,34);2-5,8,11,15,21H,6-7H2,1H3,(H2,20,22)(H,23,24)/t17-,22-,23+;11-,15-/m00/s1. The van der Waals surface area contributed by atoms with Gasteiger partial charge in [-0.05, 0) is 101 Å². The molecule has 5 atom stereocenters. The average molecular weight is 872 g/mol.